The fraction of sp³-hybridized carbons (Fsp3) is 0.500. The summed E-state index contributed by atoms with van der Waals surface area (Å²) < 4.78 is 25.8. The molecule has 1 aromatic heterocycles. The number of hydrogen-bond donors (Lipinski definition) is 1. The third-order valence-electron chi connectivity index (χ3n) is 5.86. The second kappa shape index (κ2) is 11.0. The maximum Gasteiger partial charge on any atom is 0.257 e. The van der Waals surface area contributed by atoms with Crippen LogP contribution in [0.25, 0.3) is 0 Å². The Bertz CT molecular complexity index is 1130. The summed E-state index contributed by atoms with van der Waals surface area (Å²) in [7, 11) is 1.40. The van der Waals surface area contributed by atoms with Crippen molar-refractivity contribution < 1.29 is 18.0 Å². The number of benzene rings is 1. The molecule has 34 heavy (non-hydrogen) atoms. The Morgan fingerprint density at radius 3 is 2.26 bits per heavy atom. The number of likely N-dealkylation sites (N-methyl/N-ethyl adjacent to an activating group) is 1. The molecule has 8 nitrogen and oxygen atoms in total. The largest absolute Gasteiger partial charge is 0.339 e. The maximum atomic E-state index is 13.6. The number of sulfonamides is 1. The van der Waals surface area contributed by atoms with Gasteiger partial charge in [0.05, 0.1) is 10.5 Å². The van der Waals surface area contributed by atoms with Gasteiger partial charge in [-0.1, -0.05) is 13.8 Å². The minimum absolute atomic E-state index is 0.0338. The zero-order valence-corrected chi connectivity index (χ0v) is 22.2. The van der Waals surface area contributed by atoms with Gasteiger partial charge in [-0.2, -0.15) is 0 Å². The topological polar surface area (TPSA) is 90.0 Å². The van der Waals surface area contributed by atoms with Crippen molar-refractivity contribution >= 4 is 38.2 Å². The second-order valence-corrected chi connectivity index (χ2v) is 12.0. The molecule has 2 heterocycles. The van der Waals surface area contributed by atoms with Crippen LogP contribution in [0.2, 0.25) is 0 Å². The van der Waals surface area contributed by atoms with Gasteiger partial charge in [-0.25, -0.2) is 12.7 Å². The van der Waals surface area contributed by atoms with Crippen molar-refractivity contribution in [3.05, 3.63) is 45.8 Å². The summed E-state index contributed by atoms with van der Waals surface area (Å²) in [5.74, 6) is -0.402. The van der Waals surface area contributed by atoms with Gasteiger partial charge in [0.1, 0.15) is 5.00 Å². The van der Waals surface area contributed by atoms with E-state index in [0.717, 1.165) is 47.1 Å². The van der Waals surface area contributed by atoms with Crippen LogP contribution >= 0.6 is 11.3 Å². The number of carbonyl (C=O) groups excluding carboxylic acids is 2. The summed E-state index contributed by atoms with van der Waals surface area (Å²) in [5, 5.41) is 3.52. The number of fused-ring (bicyclic) bond motifs is 1. The van der Waals surface area contributed by atoms with Crippen LogP contribution in [0.3, 0.4) is 0 Å². The molecule has 0 unspecified atom stereocenters. The highest BCUT2D eigenvalue weighted by atomic mass is 32.2. The Morgan fingerprint density at radius 2 is 1.71 bits per heavy atom. The van der Waals surface area contributed by atoms with Crippen LogP contribution in [0.15, 0.2) is 29.2 Å². The zero-order valence-electron chi connectivity index (χ0n) is 20.6. The molecule has 0 saturated heterocycles. The van der Waals surface area contributed by atoms with E-state index < -0.39 is 10.0 Å². The number of thiophene rings is 1. The normalized spacial score (nSPS) is 14.2. The Labute approximate surface area is 206 Å². The lowest BCUT2D eigenvalue weighted by atomic mass is 10.0. The highest BCUT2D eigenvalue weighted by Crippen LogP contribution is 2.38. The van der Waals surface area contributed by atoms with Crippen molar-refractivity contribution in [3.8, 4) is 0 Å². The fourth-order valence-corrected chi connectivity index (χ4v) is 6.24. The number of amides is 2. The van der Waals surface area contributed by atoms with Crippen LogP contribution < -0.4 is 5.32 Å². The Kier molecular flexibility index (Phi) is 8.51. The molecular weight excluding hydrogens is 472 g/mol. The first-order valence-electron chi connectivity index (χ1n) is 11.6. The van der Waals surface area contributed by atoms with E-state index >= 15 is 0 Å². The lowest BCUT2D eigenvalue weighted by Gasteiger charge is -2.25. The lowest BCUT2D eigenvalue weighted by molar-refractivity contribution is 0.0755. The summed E-state index contributed by atoms with van der Waals surface area (Å²) in [6.07, 6.45) is 2.50. The minimum Gasteiger partial charge on any atom is -0.339 e. The molecule has 0 aliphatic carbocycles. The smallest absolute Gasteiger partial charge is 0.257 e. The van der Waals surface area contributed by atoms with E-state index in [1.807, 2.05) is 11.9 Å². The number of nitrogens with zero attached hydrogens (tertiary/aromatic N) is 3. The van der Waals surface area contributed by atoms with Crippen molar-refractivity contribution in [2.75, 3.05) is 46.1 Å². The monoisotopic (exact) mass is 506 g/mol. The number of rotatable bonds is 9. The third-order valence-corrected chi connectivity index (χ3v) is 8.82. The standard InChI is InChI=1S/C24H34N4O4S2/c1-6-13-28(14-7-2)24(30)21-19-12-15-27(5)16-20(19)33-23(21)25-22(29)17-8-10-18(11-9-17)34(31,32)26(3)4/h8-11H,6-7,12-16H2,1-5H3,(H,25,29). The number of nitrogens with one attached hydrogen (secondary N) is 1. The van der Waals surface area contributed by atoms with Crippen molar-refractivity contribution in [2.45, 2.75) is 44.6 Å². The molecule has 2 amide bonds. The molecule has 1 aromatic carbocycles. The summed E-state index contributed by atoms with van der Waals surface area (Å²) in [5.41, 5.74) is 1.97. The molecule has 3 rings (SSSR count). The van der Waals surface area contributed by atoms with E-state index in [1.54, 1.807) is 0 Å². The molecule has 1 aliphatic heterocycles. The van der Waals surface area contributed by atoms with Gasteiger partial charge in [0.25, 0.3) is 11.8 Å². The Hall–Kier alpha value is -2.27. The van der Waals surface area contributed by atoms with Gasteiger partial charge >= 0.3 is 0 Å². The van der Waals surface area contributed by atoms with Crippen molar-refractivity contribution in [1.29, 1.82) is 0 Å². The van der Waals surface area contributed by atoms with E-state index in [0.29, 0.717) is 29.2 Å². The van der Waals surface area contributed by atoms with Gasteiger partial charge in [-0.05, 0) is 56.1 Å². The molecule has 0 saturated carbocycles. The quantitative estimate of drug-likeness (QED) is 0.562. The van der Waals surface area contributed by atoms with E-state index in [4.69, 9.17) is 0 Å². The van der Waals surface area contributed by atoms with E-state index in [2.05, 4.69) is 24.1 Å². The highest BCUT2D eigenvalue weighted by Gasteiger charge is 2.30. The van der Waals surface area contributed by atoms with Gasteiger partial charge < -0.3 is 15.1 Å². The van der Waals surface area contributed by atoms with Crippen LogP contribution in [0, 0.1) is 0 Å². The van der Waals surface area contributed by atoms with E-state index in [9.17, 15) is 18.0 Å². The predicted molar refractivity (Wildman–Crippen MR) is 136 cm³/mol. The molecule has 0 spiro atoms. The predicted octanol–water partition coefficient (Wildman–Crippen LogP) is 3.50. The summed E-state index contributed by atoms with van der Waals surface area (Å²) in [6, 6.07) is 5.84. The molecule has 2 aromatic rings. The van der Waals surface area contributed by atoms with Crippen LogP contribution in [0.1, 0.15) is 57.8 Å². The molecule has 1 N–H and O–H groups in total. The minimum atomic E-state index is -3.58. The molecule has 0 bridgehead atoms. The Balaban J connectivity index is 1.93. The SMILES string of the molecule is CCCN(CCC)C(=O)c1c(NC(=O)c2ccc(S(=O)(=O)N(C)C)cc2)sc2c1CCN(C)C2. The van der Waals surface area contributed by atoms with E-state index in [-0.39, 0.29) is 16.7 Å². The first-order chi connectivity index (χ1) is 16.1. The average Bonchev–Trinajstić information content (AvgIpc) is 3.15. The third kappa shape index (κ3) is 5.51. The average molecular weight is 507 g/mol. The van der Waals surface area contributed by atoms with Crippen LogP contribution in [-0.2, 0) is 23.0 Å². The summed E-state index contributed by atoms with van der Waals surface area (Å²) in [4.78, 5) is 32.0. The van der Waals surface area contributed by atoms with Crippen LogP contribution in [-0.4, -0.2) is 75.1 Å². The van der Waals surface area contributed by atoms with Crippen LogP contribution in [0.5, 0.6) is 0 Å². The first kappa shape index (κ1) is 26.3. The molecule has 0 atom stereocenters. The molecule has 0 fully saturated rings. The van der Waals surface area contributed by atoms with Crippen LogP contribution in [0.4, 0.5) is 5.00 Å². The molecule has 10 heteroatoms. The van der Waals surface area contributed by atoms with Gasteiger partial charge in [0.15, 0.2) is 0 Å². The van der Waals surface area contributed by atoms with Crippen molar-refractivity contribution in [2.24, 2.45) is 0 Å². The second-order valence-electron chi connectivity index (χ2n) is 8.75. The molecule has 186 valence electrons. The number of carbonyl (C=O) groups is 2. The Morgan fingerprint density at radius 1 is 1.09 bits per heavy atom. The number of hydrogen-bond acceptors (Lipinski definition) is 6. The maximum absolute atomic E-state index is 13.6. The van der Waals surface area contributed by atoms with Gasteiger partial charge in [-0.15, -0.1) is 11.3 Å². The van der Waals surface area contributed by atoms with Gasteiger partial charge in [0, 0.05) is 50.7 Å². The van der Waals surface area contributed by atoms with Gasteiger partial charge in [0.2, 0.25) is 10.0 Å². The lowest BCUT2D eigenvalue weighted by Crippen LogP contribution is -2.34. The van der Waals surface area contributed by atoms with Crippen molar-refractivity contribution in [1.82, 2.24) is 14.1 Å². The number of anilines is 1. The summed E-state index contributed by atoms with van der Waals surface area (Å²) >= 11 is 1.46. The molecular formula is C24H34N4O4S2. The zero-order chi connectivity index (χ0) is 25.0. The molecule has 0 radical (unpaired) electrons. The van der Waals surface area contributed by atoms with E-state index in [1.165, 1.54) is 49.7 Å². The molecule has 1 aliphatic rings. The first-order valence-corrected chi connectivity index (χ1v) is 13.8. The van der Waals surface area contributed by atoms with Crippen molar-refractivity contribution in [3.63, 3.8) is 0 Å². The highest BCUT2D eigenvalue weighted by molar-refractivity contribution is 7.89. The van der Waals surface area contributed by atoms with Gasteiger partial charge in [-0.3, -0.25) is 9.59 Å². The fourth-order valence-electron chi connectivity index (χ4n) is 4.02. The summed E-state index contributed by atoms with van der Waals surface area (Å²) in [6.45, 7) is 7.06.